The van der Waals surface area contributed by atoms with Crippen LogP contribution in [-0.4, -0.2) is 90.6 Å². The first-order valence-electron chi connectivity index (χ1n) is 10.3. The van der Waals surface area contributed by atoms with Crippen LogP contribution in [-0.2, 0) is 32.0 Å². The molecule has 13 nitrogen and oxygen atoms in total. The summed E-state index contributed by atoms with van der Waals surface area (Å²) in [5.41, 5.74) is 0.491. The average molecular weight is 594 g/mol. The van der Waals surface area contributed by atoms with Crippen molar-refractivity contribution in [1.29, 1.82) is 5.41 Å². The van der Waals surface area contributed by atoms with Crippen molar-refractivity contribution in [1.82, 2.24) is 30.0 Å². The minimum Gasteiger partial charge on any atom is -0.543 e. The van der Waals surface area contributed by atoms with Crippen LogP contribution in [0.5, 0.6) is 0 Å². The number of β-lactam (4-membered cyclic amide) rings is 1. The van der Waals surface area contributed by atoms with Crippen molar-refractivity contribution in [2.24, 2.45) is 0 Å². The number of likely N-dealkylation sites (N-methyl/N-ethyl adjacent to an activating group) is 1. The predicted octanol–water partition coefficient (Wildman–Crippen LogP) is -4.51. The van der Waals surface area contributed by atoms with Gasteiger partial charge in [-0.15, -0.1) is 33.3 Å². The Morgan fingerprint density at radius 2 is 2.05 bits per heavy atom. The largest absolute Gasteiger partial charge is 1.00 e. The maximum absolute atomic E-state index is 12.8. The number of nitrogens with one attached hydrogen (secondary N) is 2. The molecule has 0 radical (unpaired) electrons. The monoisotopic (exact) mass is 593 g/mol. The van der Waals surface area contributed by atoms with Gasteiger partial charge in [0.1, 0.15) is 16.4 Å². The average Bonchev–Trinajstić information content (AvgIpc) is 3.41. The number of hydrogen-bond donors (Lipinski definition) is 3. The Bertz CT molecular complexity index is 1320. The number of fused-ring (bicyclic) bond motifs is 1. The summed E-state index contributed by atoms with van der Waals surface area (Å²) in [6.45, 7) is 0. The standard InChI is InChI=1S/C19H21N7O6S4.Na/c1-24(2)12(28)4-11-22-23-19(36-11)35-6-8-5-33-16-13(15(29)25(16)14(8)17(30)31)21-10(27)3-9-7-34-18(20)26(9)32;/h7,13,16,20,32H,3-6H2,1-2H3,(H,21,27)(H,30,31);/q;+1/p-1/t13?,16-;/m0./s1. The Morgan fingerprint density at radius 3 is 2.68 bits per heavy atom. The van der Waals surface area contributed by atoms with Gasteiger partial charge in [-0.1, -0.05) is 23.1 Å². The number of amides is 3. The molecule has 1 saturated heterocycles. The number of aromatic nitrogens is 3. The van der Waals surface area contributed by atoms with Gasteiger partial charge in [0, 0.05) is 31.0 Å². The van der Waals surface area contributed by atoms with E-state index in [-0.39, 0.29) is 70.3 Å². The van der Waals surface area contributed by atoms with Crippen molar-refractivity contribution in [3.8, 4) is 0 Å². The second kappa shape index (κ2) is 12.3. The molecule has 37 heavy (non-hydrogen) atoms. The van der Waals surface area contributed by atoms with E-state index < -0.39 is 29.2 Å². The van der Waals surface area contributed by atoms with E-state index in [1.165, 1.54) is 45.1 Å². The molecule has 2 aliphatic heterocycles. The molecule has 2 atom stereocenters. The minimum absolute atomic E-state index is 0. The van der Waals surface area contributed by atoms with Gasteiger partial charge in [0.15, 0.2) is 4.34 Å². The van der Waals surface area contributed by atoms with Gasteiger partial charge >= 0.3 is 29.6 Å². The minimum atomic E-state index is -1.48. The van der Waals surface area contributed by atoms with Crippen LogP contribution in [0, 0.1) is 5.41 Å². The molecule has 0 aliphatic carbocycles. The quantitative estimate of drug-likeness (QED) is 0.111. The molecule has 0 aromatic carbocycles. The van der Waals surface area contributed by atoms with Crippen LogP contribution >= 0.6 is 46.2 Å². The Labute approximate surface area is 249 Å². The van der Waals surface area contributed by atoms with Gasteiger partial charge in [-0.05, 0) is 5.57 Å². The van der Waals surface area contributed by atoms with Crippen molar-refractivity contribution in [2.75, 3.05) is 25.6 Å². The number of carboxylic acid groups (broad SMARTS) is 1. The number of carboxylic acids is 1. The van der Waals surface area contributed by atoms with Gasteiger partial charge in [-0.2, -0.15) is 4.73 Å². The summed E-state index contributed by atoms with van der Waals surface area (Å²) >= 11 is 4.79. The van der Waals surface area contributed by atoms with E-state index >= 15 is 0 Å². The van der Waals surface area contributed by atoms with Crippen molar-refractivity contribution in [2.45, 2.75) is 28.6 Å². The molecule has 192 valence electrons. The molecule has 2 aromatic heterocycles. The molecule has 0 bridgehead atoms. The molecule has 18 heteroatoms. The summed E-state index contributed by atoms with van der Waals surface area (Å²) in [5.74, 6) is -2.13. The topological polar surface area (TPSA) is 185 Å². The summed E-state index contributed by atoms with van der Waals surface area (Å²) in [6.07, 6.45) is -0.109. The Kier molecular flexibility index (Phi) is 9.87. The summed E-state index contributed by atoms with van der Waals surface area (Å²) in [7, 11) is 3.30. The van der Waals surface area contributed by atoms with Crippen LogP contribution < -0.4 is 44.8 Å². The molecule has 1 unspecified atom stereocenters. The SMILES string of the molecule is CN(C)C(=O)Cc1nnc(SCC2=C(C(=O)[O-])N3C(=O)C(NC(=O)Cc4csc(=N)n4O)[C@@H]3SC2)s1.[Na+]. The van der Waals surface area contributed by atoms with Gasteiger partial charge in [0.25, 0.3) is 5.91 Å². The first-order valence-corrected chi connectivity index (χ1v) is 14.1. The number of aliphatic carboxylic acids is 1. The van der Waals surface area contributed by atoms with Crippen LogP contribution in [0.1, 0.15) is 10.7 Å². The van der Waals surface area contributed by atoms with Gasteiger partial charge in [-0.3, -0.25) is 24.7 Å². The van der Waals surface area contributed by atoms with E-state index in [9.17, 15) is 29.5 Å². The Morgan fingerprint density at radius 1 is 1.32 bits per heavy atom. The first kappa shape index (κ1) is 29.7. The Hall–Kier alpha value is -1.89. The normalized spacial score (nSPS) is 18.5. The van der Waals surface area contributed by atoms with Gasteiger partial charge in [-0.25, -0.2) is 0 Å². The maximum atomic E-state index is 12.8. The third-order valence-corrected chi connectivity index (χ3v) is 9.56. The van der Waals surface area contributed by atoms with E-state index in [4.69, 9.17) is 5.41 Å². The predicted molar refractivity (Wildman–Crippen MR) is 129 cm³/mol. The summed E-state index contributed by atoms with van der Waals surface area (Å²) in [6, 6.07) is -0.910. The number of thioether (sulfide) groups is 2. The smallest absolute Gasteiger partial charge is 0.543 e. The zero-order valence-electron chi connectivity index (χ0n) is 19.9. The number of thiazole rings is 1. The number of carbonyl (C=O) groups excluding carboxylic acids is 4. The molecule has 3 N–H and O–H groups in total. The molecule has 4 heterocycles. The van der Waals surface area contributed by atoms with Crippen LogP contribution in [0.25, 0.3) is 0 Å². The van der Waals surface area contributed by atoms with Gasteiger partial charge in [0.05, 0.1) is 30.2 Å². The maximum Gasteiger partial charge on any atom is 1.00 e. The van der Waals surface area contributed by atoms with Crippen LogP contribution in [0.4, 0.5) is 0 Å². The van der Waals surface area contributed by atoms with Crippen LogP contribution in [0.15, 0.2) is 21.0 Å². The van der Waals surface area contributed by atoms with Crippen LogP contribution in [0.3, 0.4) is 0 Å². The first-order chi connectivity index (χ1) is 17.1. The zero-order valence-corrected chi connectivity index (χ0v) is 25.2. The van der Waals surface area contributed by atoms with E-state index in [1.807, 2.05) is 0 Å². The van der Waals surface area contributed by atoms with Crippen molar-refractivity contribution >= 4 is 69.9 Å². The molecular weight excluding hydrogens is 574 g/mol. The molecule has 3 amide bonds. The van der Waals surface area contributed by atoms with E-state index in [1.54, 1.807) is 14.1 Å². The van der Waals surface area contributed by atoms with Gasteiger partial charge in [0.2, 0.25) is 16.6 Å². The number of carbonyl (C=O) groups is 4. The van der Waals surface area contributed by atoms with E-state index in [2.05, 4.69) is 15.5 Å². The second-order valence-electron chi connectivity index (χ2n) is 7.93. The van der Waals surface area contributed by atoms with E-state index in [0.29, 0.717) is 25.4 Å². The fraction of sp³-hybridized carbons (Fsp3) is 0.421. The molecule has 2 aliphatic rings. The second-order valence-corrected chi connectivity index (χ2v) is 12.2. The zero-order chi connectivity index (χ0) is 26.1. The Balaban J connectivity index is 0.00000380. The third kappa shape index (κ3) is 6.40. The molecule has 2 aromatic rings. The number of rotatable bonds is 9. The number of hydrogen-bond acceptors (Lipinski definition) is 13. The molecule has 4 rings (SSSR count). The fourth-order valence-electron chi connectivity index (χ4n) is 3.45. The summed E-state index contributed by atoms with van der Waals surface area (Å²) in [5, 5.41) is 41.2. The fourth-order valence-corrected chi connectivity index (χ4v) is 7.47. The third-order valence-electron chi connectivity index (χ3n) is 5.29. The van der Waals surface area contributed by atoms with Crippen molar-refractivity contribution < 1.29 is 59.0 Å². The summed E-state index contributed by atoms with van der Waals surface area (Å²) < 4.78 is 1.16. The van der Waals surface area contributed by atoms with E-state index in [0.717, 1.165) is 16.2 Å². The molecule has 0 spiro atoms. The number of nitrogens with zero attached hydrogens (tertiary/aromatic N) is 5. The summed E-state index contributed by atoms with van der Waals surface area (Å²) in [4.78, 5) is 51.4. The van der Waals surface area contributed by atoms with Crippen molar-refractivity contribution in [3.05, 3.63) is 32.2 Å². The molecule has 1 fully saturated rings. The van der Waals surface area contributed by atoms with Gasteiger partial charge < -0.3 is 25.3 Å². The van der Waals surface area contributed by atoms with Crippen LogP contribution in [0.2, 0.25) is 0 Å². The van der Waals surface area contributed by atoms with Crippen molar-refractivity contribution in [3.63, 3.8) is 0 Å². The molecular formula is C19H20N7NaO6S4. The molecule has 0 saturated carbocycles.